The van der Waals surface area contributed by atoms with Gasteiger partial charge in [-0.1, -0.05) is 45.8 Å². The first-order chi connectivity index (χ1) is 13.9. The van der Waals surface area contributed by atoms with E-state index >= 15 is 0 Å². The van der Waals surface area contributed by atoms with Crippen molar-refractivity contribution < 1.29 is 9.59 Å². The molecule has 3 rings (SSSR count). The Kier molecular flexibility index (Phi) is 6.57. The van der Waals surface area contributed by atoms with Crippen molar-refractivity contribution in [1.82, 2.24) is 5.43 Å². The van der Waals surface area contributed by atoms with Gasteiger partial charge in [0.15, 0.2) is 0 Å². The van der Waals surface area contributed by atoms with Gasteiger partial charge in [0, 0.05) is 21.3 Å². The average molecular weight is 450 g/mol. The molecule has 0 saturated carbocycles. The molecule has 2 N–H and O–H groups in total. The molecule has 0 radical (unpaired) electrons. The minimum absolute atomic E-state index is 0.194. The maximum absolute atomic E-state index is 12.3. The highest BCUT2D eigenvalue weighted by Gasteiger charge is 2.08. The molecule has 146 valence electrons. The van der Waals surface area contributed by atoms with Crippen LogP contribution in [-0.4, -0.2) is 17.5 Å². The summed E-state index contributed by atoms with van der Waals surface area (Å²) < 4.78 is 0.979. The molecule has 29 heavy (non-hydrogen) atoms. The summed E-state index contributed by atoms with van der Waals surface area (Å²) >= 11 is 3.39. The number of nitrogens with zero attached hydrogens (tertiary/aromatic N) is 1. The van der Waals surface area contributed by atoms with Crippen LogP contribution in [0.1, 0.15) is 38.8 Å². The Morgan fingerprint density at radius 3 is 2.14 bits per heavy atom. The van der Waals surface area contributed by atoms with Crippen molar-refractivity contribution in [3.05, 3.63) is 99.5 Å². The summed E-state index contributed by atoms with van der Waals surface area (Å²) in [5.41, 5.74) is 6.84. The summed E-state index contributed by atoms with van der Waals surface area (Å²) in [5, 5.41) is 6.98. The molecule has 6 heteroatoms. The van der Waals surface area contributed by atoms with Gasteiger partial charge in [-0.15, -0.1) is 0 Å². The standard InChI is InChI=1S/C23H20BrN3O2/c1-15-4-3-5-19(14-15)22(28)25-21-12-8-18(9-13-21)23(29)27-26-16(2)17-6-10-20(24)11-7-17/h3-14H,1-2H3,(H,25,28)(H,27,29). The minimum atomic E-state index is -0.321. The number of nitrogens with one attached hydrogen (secondary N) is 2. The van der Waals surface area contributed by atoms with Crippen LogP contribution in [0, 0.1) is 6.92 Å². The number of benzene rings is 3. The van der Waals surface area contributed by atoms with Crippen molar-refractivity contribution in [3.63, 3.8) is 0 Å². The third-order valence-corrected chi connectivity index (χ3v) is 4.80. The summed E-state index contributed by atoms with van der Waals surface area (Å²) in [6.07, 6.45) is 0. The smallest absolute Gasteiger partial charge is 0.271 e. The maximum Gasteiger partial charge on any atom is 0.271 e. The van der Waals surface area contributed by atoms with E-state index in [2.05, 4.69) is 31.8 Å². The van der Waals surface area contributed by atoms with Gasteiger partial charge in [-0.05, 0) is 67.9 Å². The molecule has 0 aliphatic rings. The lowest BCUT2D eigenvalue weighted by atomic mass is 10.1. The van der Waals surface area contributed by atoms with E-state index in [0.717, 1.165) is 15.6 Å². The van der Waals surface area contributed by atoms with Crippen molar-refractivity contribution in [3.8, 4) is 0 Å². The van der Waals surface area contributed by atoms with Gasteiger partial charge < -0.3 is 5.32 Å². The Bertz CT molecular complexity index is 1060. The van der Waals surface area contributed by atoms with E-state index in [0.29, 0.717) is 22.5 Å². The molecule has 0 aliphatic heterocycles. The number of hydrazone groups is 1. The van der Waals surface area contributed by atoms with Crippen LogP contribution in [0.4, 0.5) is 5.69 Å². The Morgan fingerprint density at radius 2 is 1.48 bits per heavy atom. The number of carbonyl (C=O) groups excluding carboxylic acids is 2. The van der Waals surface area contributed by atoms with Crippen LogP contribution < -0.4 is 10.7 Å². The quantitative estimate of drug-likeness (QED) is 0.416. The fourth-order valence-electron chi connectivity index (χ4n) is 2.65. The number of rotatable bonds is 5. The molecule has 0 aromatic heterocycles. The predicted molar refractivity (Wildman–Crippen MR) is 119 cm³/mol. The van der Waals surface area contributed by atoms with E-state index in [1.165, 1.54) is 0 Å². The number of halogens is 1. The van der Waals surface area contributed by atoms with E-state index in [4.69, 9.17) is 0 Å². The molecule has 0 saturated heterocycles. The number of hydrogen-bond acceptors (Lipinski definition) is 3. The first-order valence-corrected chi connectivity index (χ1v) is 9.80. The molecule has 0 aliphatic carbocycles. The minimum Gasteiger partial charge on any atom is -0.322 e. The third kappa shape index (κ3) is 5.62. The normalized spacial score (nSPS) is 11.1. The molecule has 3 aromatic carbocycles. The fraction of sp³-hybridized carbons (Fsp3) is 0.0870. The van der Waals surface area contributed by atoms with Crippen LogP contribution in [0.25, 0.3) is 0 Å². The Balaban J connectivity index is 1.62. The Hall–Kier alpha value is -3.25. The molecule has 2 amide bonds. The molecular weight excluding hydrogens is 430 g/mol. The first-order valence-electron chi connectivity index (χ1n) is 9.01. The van der Waals surface area contributed by atoms with E-state index in [-0.39, 0.29) is 11.8 Å². The number of anilines is 1. The second-order valence-corrected chi connectivity index (χ2v) is 7.46. The van der Waals surface area contributed by atoms with Crippen molar-refractivity contribution in [2.45, 2.75) is 13.8 Å². The lowest BCUT2D eigenvalue weighted by molar-refractivity contribution is 0.0954. The molecule has 0 heterocycles. The number of aryl methyl sites for hydroxylation is 1. The van der Waals surface area contributed by atoms with Crippen LogP contribution in [-0.2, 0) is 0 Å². The van der Waals surface area contributed by atoms with Crippen molar-refractivity contribution in [2.24, 2.45) is 5.10 Å². The van der Waals surface area contributed by atoms with Crippen molar-refractivity contribution >= 4 is 39.1 Å². The van der Waals surface area contributed by atoms with Crippen LogP contribution in [0.15, 0.2) is 82.4 Å². The largest absolute Gasteiger partial charge is 0.322 e. The molecule has 0 unspecified atom stereocenters. The monoisotopic (exact) mass is 449 g/mol. The Morgan fingerprint density at radius 1 is 0.828 bits per heavy atom. The summed E-state index contributed by atoms with van der Waals surface area (Å²) in [5.74, 6) is -0.515. The van der Waals surface area contributed by atoms with Gasteiger partial charge in [0.2, 0.25) is 0 Å². The highest BCUT2D eigenvalue weighted by molar-refractivity contribution is 9.10. The Labute approximate surface area is 178 Å². The fourth-order valence-corrected chi connectivity index (χ4v) is 2.91. The van der Waals surface area contributed by atoms with E-state index in [1.807, 2.05) is 56.3 Å². The molecule has 3 aromatic rings. The SMILES string of the molecule is CC(=NNC(=O)c1ccc(NC(=O)c2cccc(C)c2)cc1)c1ccc(Br)cc1. The number of amides is 2. The van der Waals surface area contributed by atoms with E-state index in [1.54, 1.807) is 30.3 Å². The van der Waals surface area contributed by atoms with Gasteiger partial charge >= 0.3 is 0 Å². The zero-order chi connectivity index (χ0) is 20.8. The predicted octanol–water partition coefficient (Wildman–Crippen LogP) is 5.16. The summed E-state index contributed by atoms with van der Waals surface area (Å²) in [7, 11) is 0. The lowest BCUT2D eigenvalue weighted by Gasteiger charge is -2.07. The van der Waals surface area contributed by atoms with Crippen LogP contribution in [0.2, 0.25) is 0 Å². The number of hydrogen-bond donors (Lipinski definition) is 2. The van der Waals surface area contributed by atoms with Crippen LogP contribution >= 0.6 is 15.9 Å². The molecule has 0 bridgehead atoms. The lowest BCUT2D eigenvalue weighted by Crippen LogP contribution is -2.19. The van der Waals surface area contributed by atoms with Crippen molar-refractivity contribution in [1.29, 1.82) is 0 Å². The molecule has 5 nitrogen and oxygen atoms in total. The van der Waals surface area contributed by atoms with Gasteiger partial charge in [0.05, 0.1) is 5.71 Å². The summed E-state index contributed by atoms with van der Waals surface area (Å²) in [6, 6.07) is 21.7. The molecule has 0 atom stereocenters. The summed E-state index contributed by atoms with van der Waals surface area (Å²) in [6.45, 7) is 3.76. The maximum atomic E-state index is 12.3. The van der Waals surface area contributed by atoms with Crippen LogP contribution in [0.5, 0.6) is 0 Å². The average Bonchev–Trinajstić information content (AvgIpc) is 2.73. The molecular formula is C23H20BrN3O2. The summed E-state index contributed by atoms with van der Waals surface area (Å²) in [4.78, 5) is 24.6. The zero-order valence-corrected chi connectivity index (χ0v) is 17.7. The van der Waals surface area contributed by atoms with Gasteiger partial charge in [-0.25, -0.2) is 5.43 Å². The zero-order valence-electron chi connectivity index (χ0n) is 16.1. The van der Waals surface area contributed by atoms with Gasteiger partial charge in [0.1, 0.15) is 0 Å². The van der Waals surface area contributed by atoms with Crippen LogP contribution in [0.3, 0.4) is 0 Å². The highest BCUT2D eigenvalue weighted by atomic mass is 79.9. The van der Waals surface area contributed by atoms with Gasteiger partial charge in [-0.3, -0.25) is 9.59 Å². The second kappa shape index (κ2) is 9.30. The van der Waals surface area contributed by atoms with E-state index in [9.17, 15) is 9.59 Å². The molecule has 0 fully saturated rings. The van der Waals surface area contributed by atoms with Gasteiger partial charge in [0.25, 0.3) is 11.8 Å². The third-order valence-electron chi connectivity index (χ3n) is 4.27. The number of carbonyl (C=O) groups is 2. The molecule has 0 spiro atoms. The first kappa shape index (κ1) is 20.5. The second-order valence-electron chi connectivity index (χ2n) is 6.55. The highest BCUT2D eigenvalue weighted by Crippen LogP contribution is 2.13. The van der Waals surface area contributed by atoms with Crippen molar-refractivity contribution in [2.75, 3.05) is 5.32 Å². The van der Waals surface area contributed by atoms with Gasteiger partial charge in [-0.2, -0.15) is 5.10 Å². The van der Waals surface area contributed by atoms with E-state index < -0.39 is 0 Å². The topological polar surface area (TPSA) is 70.6 Å².